The van der Waals surface area contributed by atoms with Crippen LogP contribution in [0.2, 0.25) is 0 Å². The van der Waals surface area contributed by atoms with Crippen LogP contribution in [-0.2, 0) is 4.79 Å². The summed E-state index contributed by atoms with van der Waals surface area (Å²) in [5, 5.41) is 2.89. The number of amides is 2. The fourth-order valence-electron chi connectivity index (χ4n) is 3.73. The second-order valence-corrected chi connectivity index (χ2v) is 7.67. The van der Waals surface area contributed by atoms with Crippen LogP contribution < -0.4 is 16.0 Å². The van der Waals surface area contributed by atoms with E-state index in [4.69, 9.17) is 10.2 Å². The fourth-order valence-corrected chi connectivity index (χ4v) is 3.73. The number of rotatable bonds is 6. The molecule has 3 N–H and O–H groups in total. The molecular formula is C22H25N3O3. The van der Waals surface area contributed by atoms with Crippen molar-refractivity contribution in [2.24, 2.45) is 11.7 Å². The second-order valence-electron chi connectivity index (χ2n) is 7.67. The third-order valence-electron chi connectivity index (χ3n) is 5.51. The molecule has 1 saturated heterocycles. The molecule has 0 radical (unpaired) electrons. The Kier molecular flexibility index (Phi) is 4.94. The Balaban J connectivity index is 1.48. The lowest BCUT2D eigenvalue weighted by Crippen LogP contribution is -2.21. The third-order valence-corrected chi connectivity index (χ3v) is 5.51. The minimum atomic E-state index is -0.517. The maximum Gasteiger partial charge on any atom is 0.248 e. The van der Waals surface area contributed by atoms with Crippen molar-refractivity contribution >= 4 is 29.3 Å². The predicted molar refractivity (Wildman–Crippen MR) is 109 cm³/mol. The highest BCUT2D eigenvalue weighted by molar-refractivity contribution is 6.05. The van der Waals surface area contributed by atoms with Crippen LogP contribution in [0, 0.1) is 5.92 Å². The van der Waals surface area contributed by atoms with Crippen molar-refractivity contribution in [3.8, 4) is 0 Å². The summed E-state index contributed by atoms with van der Waals surface area (Å²) in [6.45, 7) is 4.07. The van der Waals surface area contributed by atoms with E-state index in [1.807, 2.05) is 18.2 Å². The van der Waals surface area contributed by atoms with E-state index >= 15 is 0 Å². The number of nitrogens with zero attached hydrogens (tertiary/aromatic N) is 1. The number of benzene rings is 1. The van der Waals surface area contributed by atoms with Crippen LogP contribution in [0.4, 0.5) is 11.4 Å². The molecule has 1 aromatic heterocycles. The fraction of sp³-hybridized carbons (Fsp3) is 0.364. The zero-order valence-corrected chi connectivity index (χ0v) is 16.0. The van der Waals surface area contributed by atoms with E-state index in [0.717, 1.165) is 43.8 Å². The number of primary amides is 1. The largest absolute Gasteiger partial charge is 0.461 e. The number of furan rings is 1. The van der Waals surface area contributed by atoms with Crippen molar-refractivity contribution in [1.29, 1.82) is 0 Å². The molecule has 0 unspecified atom stereocenters. The van der Waals surface area contributed by atoms with Crippen molar-refractivity contribution in [3.63, 3.8) is 0 Å². The molecule has 146 valence electrons. The second kappa shape index (κ2) is 7.54. The zero-order chi connectivity index (χ0) is 19.7. The standard InChI is InChI=1S/C22H25N3O3/c1-14-12-17(14)20-8-5-16(28-20)6-9-21(26)24-18-13-15(22(23)27)4-7-19(18)25-10-2-3-11-25/h4-9,13-14,17H,2-3,10-12H2,1H3,(H2,23,27)(H,24,26)/b9-6-/t14-,17-/m1/s1. The molecule has 28 heavy (non-hydrogen) atoms. The minimum Gasteiger partial charge on any atom is -0.461 e. The van der Waals surface area contributed by atoms with Crippen LogP contribution in [0.25, 0.3) is 6.08 Å². The first-order valence-electron chi connectivity index (χ1n) is 9.79. The highest BCUT2D eigenvalue weighted by atomic mass is 16.3. The van der Waals surface area contributed by atoms with Gasteiger partial charge in [0.15, 0.2) is 0 Å². The zero-order valence-electron chi connectivity index (χ0n) is 16.0. The van der Waals surface area contributed by atoms with E-state index in [9.17, 15) is 9.59 Å². The summed E-state index contributed by atoms with van der Waals surface area (Å²) in [6, 6.07) is 9.05. The molecule has 2 aromatic rings. The maximum atomic E-state index is 12.5. The Hall–Kier alpha value is -3.02. The molecule has 2 atom stereocenters. The number of nitrogens with two attached hydrogens (primary N) is 1. The normalized spacial score (nSPS) is 21.2. The van der Waals surface area contributed by atoms with Crippen molar-refractivity contribution in [1.82, 2.24) is 0 Å². The summed E-state index contributed by atoms with van der Waals surface area (Å²) in [5.74, 6) is 2.03. The van der Waals surface area contributed by atoms with Crippen molar-refractivity contribution < 1.29 is 14.0 Å². The molecule has 6 nitrogen and oxygen atoms in total. The van der Waals surface area contributed by atoms with Crippen LogP contribution in [-0.4, -0.2) is 24.9 Å². The van der Waals surface area contributed by atoms with Gasteiger partial charge in [-0.3, -0.25) is 9.59 Å². The topological polar surface area (TPSA) is 88.6 Å². The molecule has 1 saturated carbocycles. The monoisotopic (exact) mass is 379 g/mol. The average Bonchev–Trinajstić information content (AvgIpc) is 3.09. The molecule has 2 heterocycles. The van der Waals surface area contributed by atoms with Crippen LogP contribution in [0.3, 0.4) is 0 Å². The van der Waals surface area contributed by atoms with Crippen molar-refractivity contribution in [2.75, 3.05) is 23.3 Å². The van der Waals surface area contributed by atoms with E-state index in [2.05, 4.69) is 17.1 Å². The first-order valence-corrected chi connectivity index (χ1v) is 9.79. The van der Waals surface area contributed by atoms with Crippen LogP contribution in [0.1, 0.15) is 54.0 Å². The van der Waals surface area contributed by atoms with Crippen molar-refractivity contribution in [2.45, 2.75) is 32.1 Å². The molecular weight excluding hydrogens is 354 g/mol. The maximum absolute atomic E-state index is 12.5. The molecule has 1 aliphatic carbocycles. The number of hydrogen-bond acceptors (Lipinski definition) is 4. The summed E-state index contributed by atoms with van der Waals surface area (Å²) in [5.41, 5.74) is 7.28. The summed E-state index contributed by atoms with van der Waals surface area (Å²) >= 11 is 0. The van der Waals surface area contributed by atoms with Crippen LogP contribution in [0.15, 0.2) is 40.8 Å². The van der Waals surface area contributed by atoms with Crippen LogP contribution in [0.5, 0.6) is 0 Å². The highest BCUT2D eigenvalue weighted by Gasteiger charge is 2.36. The number of anilines is 2. The number of carbonyl (C=O) groups excluding carboxylic acids is 2. The lowest BCUT2D eigenvalue weighted by Gasteiger charge is -2.21. The molecule has 1 aliphatic heterocycles. The molecule has 1 aromatic carbocycles. The Bertz CT molecular complexity index is 925. The van der Waals surface area contributed by atoms with E-state index in [0.29, 0.717) is 28.8 Å². The molecule has 2 aliphatic rings. The quantitative estimate of drug-likeness (QED) is 0.748. The van der Waals surface area contributed by atoms with Gasteiger partial charge in [0.25, 0.3) is 0 Å². The number of carbonyl (C=O) groups is 2. The smallest absolute Gasteiger partial charge is 0.248 e. The van der Waals surface area contributed by atoms with Gasteiger partial charge in [-0.05, 0) is 61.6 Å². The van der Waals surface area contributed by atoms with Gasteiger partial charge in [0.2, 0.25) is 11.8 Å². The molecule has 2 fully saturated rings. The first kappa shape index (κ1) is 18.3. The van der Waals surface area contributed by atoms with E-state index in [1.54, 1.807) is 18.2 Å². The van der Waals surface area contributed by atoms with Gasteiger partial charge in [0.1, 0.15) is 11.5 Å². The number of hydrogen-bond donors (Lipinski definition) is 2. The molecule has 2 amide bonds. The first-order chi connectivity index (χ1) is 13.5. The van der Waals surface area contributed by atoms with Gasteiger partial charge in [-0.1, -0.05) is 6.92 Å². The van der Waals surface area contributed by atoms with Gasteiger partial charge in [-0.15, -0.1) is 0 Å². The van der Waals surface area contributed by atoms with Crippen LogP contribution >= 0.6 is 0 Å². The van der Waals surface area contributed by atoms with Gasteiger partial charge in [0.05, 0.1) is 11.4 Å². The Labute approximate surface area is 164 Å². The lowest BCUT2D eigenvalue weighted by atomic mass is 10.1. The van der Waals surface area contributed by atoms with Gasteiger partial charge in [0, 0.05) is 30.6 Å². The highest BCUT2D eigenvalue weighted by Crippen LogP contribution is 2.47. The summed E-state index contributed by atoms with van der Waals surface area (Å²) in [7, 11) is 0. The summed E-state index contributed by atoms with van der Waals surface area (Å²) in [6.07, 6.45) is 6.51. The Morgan fingerprint density at radius 1 is 1.21 bits per heavy atom. The Morgan fingerprint density at radius 3 is 2.64 bits per heavy atom. The lowest BCUT2D eigenvalue weighted by molar-refractivity contribution is -0.111. The van der Waals surface area contributed by atoms with Gasteiger partial charge < -0.3 is 20.4 Å². The number of nitrogens with one attached hydrogen (secondary N) is 1. The predicted octanol–water partition coefficient (Wildman–Crippen LogP) is 3.75. The third kappa shape index (κ3) is 3.96. The summed E-state index contributed by atoms with van der Waals surface area (Å²) < 4.78 is 5.80. The average molecular weight is 379 g/mol. The Morgan fingerprint density at radius 2 is 1.96 bits per heavy atom. The SMILES string of the molecule is C[C@@H]1C[C@H]1c1ccc(/C=C\C(=O)Nc2cc(C(N)=O)ccc2N2CCCC2)o1. The molecule has 0 spiro atoms. The van der Waals surface area contributed by atoms with E-state index in [1.165, 1.54) is 6.08 Å². The van der Waals surface area contributed by atoms with E-state index in [-0.39, 0.29) is 5.91 Å². The van der Waals surface area contributed by atoms with Gasteiger partial charge in [-0.25, -0.2) is 0 Å². The molecule has 6 heteroatoms. The summed E-state index contributed by atoms with van der Waals surface area (Å²) in [4.78, 5) is 26.2. The van der Waals surface area contributed by atoms with E-state index < -0.39 is 5.91 Å². The van der Waals surface area contributed by atoms with Crippen molar-refractivity contribution in [3.05, 3.63) is 53.5 Å². The molecule has 4 rings (SSSR count). The van der Waals surface area contributed by atoms with Gasteiger partial charge >= 0.3 is 0 Å². The van der Waals surface area contributed by atoms with Gasteiger partial charge in [-0.2, -0.15) is 0 Å². The minimum absolute atomic E-state index is 0.278. The molecule has 0 bridgehead atoms.